The first-order valence-electron chi connectivity index (χ1n) is 6.36. The molecule has 0 aromatic heterocycles. The normalized spacial score (nSPS) is 41.1. The van der Waals surface area contributed by atoms with Crippen LogP contribution >= 0.6 is 0 Å². The molecular weight excluding hydrogens is 180 g/mol. The van der Waals surface area contributed by atoms with Gasteiger partial charge in [-0.1, -0.05) is 31.2 Å². The zero-order chi connectivity index (χ0) is 11.1. The summed E-state index contributed by atoms with van der Waals surface area (Å²) in [6, 6.07) is 0. The Morgan fingerprint density at radius 1 is 1.40 bits per heavy atom. The molecule has 0 aromatic carbocycles. The van der Waals surface area contributed by atoms with Crippen LogP contribution in [0, 0.1) is 17.3 Å². The van der Waals surface area contributed by atoms with E-state index in [-0.39, 0.29) is 0 Å². The van der Waals surface area contributed by atoms with Crippen LogP contribution in [-0.2, 0) is 0 Å². The molecule has 0 nitrogen and oxygen atoms in total. The number of rotatable bonds is 1. The van der Waals surface area contributed by atoms with Gasteiger partial charge in [-0.3, -0.25) is 0 Å². The van der Waals surface area contributed by atoms with E-state index in [1.54, 1.807) is 0 Å². The lowest BCUT2D eigenvalue weighted by atomic mass is 9.56. The molecule has 0 radical (unpaired) electrons. The Morgan fingerprint density at radius 2 is 2.13 bits per heavy atom. The van der Waals surface area contributed by atoms with Crippen molar-refractivity contribution in [1.29, 1.82) is 0 Å². The predicted molar refractivity (Wildman–Crippen MR) is 66.7 cm³/mol. The van der Waals surface area contributed by atoms with Crippen molar-refractivity contribution in [3.63, 3.8) is 0 Å². The van der Waals surface area contributed by atoms with Crippen LogP contribution in [-0.4, -0.2) is 0 Å². The molecule has 84 valence electrons. The molecule has 2 rings (SSSR count). The average Bonchev–Trinajstić information content (AvgIpc) is 2.17. The van der Waals surface area contributed by atoms with Gasteiger partial charge in [0, 0.05) is 0 Å². The van der Waals surface area contributed by atoms with Crippen LogP contribution in [0.5, 0.6) is 0 Å². The summed E-state index contributed by atoms with van der Waals surface area (Å²) in [6.07, 6.45) is 8.11. The summed E-state index contributed by atoms with van der Waals surface area (Å²) in [5.74, 6) is 1.54. The van der Waals surface area contributed by atoms with E-state index in [1.807, 2.05) is 0 Å². The van der Waals surface area contributed by atoms with Gasteiger partial charge >= 0.3 is 0 Å². The summed E-state index contributed by atoms with van der Waals surface area (Å²) >= 11 is 0. The fraction of sp³-hybridized carbons (Fsp3) is 0.733. The molecule has 2 fully saturated rings. The van der Waals surface area contributed by atoms with Crippen molar-refractivity contribution in [1.82, 2.24) is 0 Å². The maximum atomic E-state index is 4.31. The Morgan fingerprint density at radius 3 is 2.80 bits per heavy atom. The largest absolute Gasteiger partial charge is 0.0999 e. The smallest absolute Gasteiger partial charge is 0.0146 e. The van der Waals surface area contributed by atoms with Crippen LogP contribution in [0.4, 0.5) is 0 Å². The molecule has 2 aliphatic carbocycles. The summed E-state index contributed by atoms with van der Waals surface area (Å²) < 4.78 is 0. The van der Waals surface area contributed by atoms with Crippen molar-refractivity contribution in [3.8, 4) is 0 Å². The molecule has 15 heavy (non-hydrogen) atoms. The van der Waals surface area contributed by atoms with Gasteiger partial charge in [0.2, 0.25) is 0 Å². The van der Waals surface area contributed by atoms with Gasteiger partial charge in [0.25, 0.3) is 0 Å². The number of allylic oxidation sites excluding steroid dienone is 2. The third-order valence-electron chi connectivity index (χ3n) is 4.86. The molecule has 0 heteroatoms. The lowest BCUT2D eigenvalue weighted by Crippen LogP contribution is -2.38. The van der Waals surface area contributed by atoms with Crippen LogP contribution in [0.25, 0.3) is 0 Å². The van der Waals surface area contributed by atoms with Gasteiger partial charge in [-0.15, -0.1) is 0 Å². The third-order valence-corrected chi connectivity index (χ3v) is 4.86. The lowest BCUT2D eigenvalue weighted by molar-refractivity contribution is 0.0832. The van der Waals surface area contributed by atoms with Crippen molar-refractivity contribution in [3.05, 3.63) is 24.3 Å². The topological polar surface area (TPSA) is 0 Å². The van der Waals surface area contributed by atoms with Crippen molar-refractivity contribution in [2.24, 2.45) is 17.3 Å². The molecular formula is C15H24. The minimum Gasteiger partial charge on any atom is -0.0999 e. The van der Waals surface area contributed by atoms with Gasteiger partial charge in [-0.05, 0) is 62.7 Å². The van der Waals surface area contributed by atoms with Crippen molar-refractivity contribution < 1.29 is 0 Å². The van der Waals surface area contributed by atoms with E-state index in [0.29, 0.717) is 5.41 Å². The minimum absolute atomic E-state index is 0.571. The number of fused-ring (bicyclic) bond motifs is 1. The molecule has 2 saturated carbocycles. The van der Waals surface area contributed by atoms with Crippen LogP contribution in [0.2, 0.25) is 0 Å². The van der Waals surface area contributed by atoms with Gasteiger partial charge in [-0.2, -0.15) is 0 Å². The maximum Gasteiger partial charge on any atom is -0.0146 e. The highest BCUT2D eigenvalue weighted by atomic mass is 14.5. The zero-order valence-electron chi connectivity index (χ0n) is 10.3. The van der Waals surface area contributed by atoms with Crippen LogP contribution in [0.3, 0.4) is 0 Å². The van der Waals surface area contributed by atoms with Crippen molar-refractivity contribution in [2.75, 3.05) is 0 Å². The molecule has 0 unspecified atom stereocenters. The van der Waals surface area contributed by atoms with E-state index in [1.165, 1.54) is 49.7 Å². The molecule has 0 amide bonds. The number of hydrogen-bond acceptors (Lipinski definition) is 0. The average molecular weight is 204 g/mol. The summed E-state index contributed by atoms with van der Waals surface area (Å²) in [4.78, 5) is 0. The van der Waals surface area contributed by atoms with Gasteiger partial charge in [0.1, 0.15) is 0 Å². The second-order valence-electron chi connectivity index (χ2n) is 6.04. The number of hydrogen-bond donors (Lipinski definition) is 0. The maximum absolute atomic E-state index is 4.31. The van der Waals surface area contributed by atoms with Gasteiger partial charge < -0.3 is 0 Å². The predicted octanol–water partition coefficient (Wildman–Crippen LogP) is 4.73. The SMILES string of the molecule is C=C(C)[C@@H]1CC[C@]2(C)CCCC(=C)[C@@H]2C1. The molecule has 0 aliphatic heterocycles. The first-order valence-corrected chi connectivity index (χ1v) is 6.36. The second-order valence-corrected chi connectivity index (χ2v) is 6.04. The Kier molecular flexibility index (Phi) is 2.79. The van der Waals surface area contributed by atoms with E-state index in [0.717, 1.165) is 11.8 Å². The third kappa shape index (κ3) is 1.91. The lowest BCUT2D eigenvalue weighted by Gasteiger charge is -2.49. The van der Waals surface area contributed by atoms with Crippen LogP contribution in [0.1, 0.15) is 52.4 Å². The van der Waals surface area contributed by atoms with Crippen LogP contribution < -0.4 is 0 Å². The second kappa shape index (κ2) is 3.81. The van der Waals surface area contributed by atoms with Gasteiger partial charge in [0.15, 0.2) is 0 Å². The molecule has 3 atom stereocenters. The minimum atomic E-state index is 0.571. The van der Waals surface area contributed by atoms with E-state index >= 15 is 0 Å². The first kappa shape index (κ1) is 11.0. The molecule has 0 N–H and O–H groups in total. The van der Waals surface area contributed by atoms with Crippen molar-refractivity contribution in [2.45, 2.75) is 52.4 Å². The first-order chi connectivity index (χ1) is 7.03. The summed E-state index contributed by atoms with van der Waals surface area (Å²) in [5.41, 5.74) is 3.48. The summed E-state index contributed by atoms with van der Waals surface area (Å²) in [7, 11) is 0. The highest BCUT2D eigenvalue weighted by Crippen LogP contribution is 2.54. The molecule has 2 aliphatic rings. The van der Waals surface area contributed by atoms with E-state index < -0.39 is 0 Å². The van der Waals surface area contributed by atoms with E-state index in [4.69, 9.17) is 0 Å². The Bertz CT molecular complexity index is 286. The van der Waals surface area contributed by atoms with E-state index in [2.05, 4.69) is 27.0 Å². The monoisotopic (exact) mass is 204 g/mol. The van der Waals surface area contributed by atoms with E-state index in [9.17, 15) is 0 Å². The van der Waals surface area contributed by atoms with Crippen LogP contribution in [0.15, 0.2) is 24.3 Å². The zero-order valence-corrected chi connectivity index (χ0v) is 10.3. The standard InChI is InChI=1S/C15H24/c1-11(2)13-7-9-15(4)8-5-6-12(3)14(15)10-13/h13-14H,1,3,5-10H2,2,4H3/t13-,14+,15+/m1/s1. The fourth-order valence-electron chi connectivity index (χ4n) is 3.66. The summed E-state index contributed by atoms with van der Waals surface area (Å²) in [5, 5.41) is 0. The molecule has 0 spiro atoms. The highest BCUT2D eigenvalue weighted by molar-refractivity contribution is 5.15. The Balaban J connectivity index is 2.16. The summed E-state index contributed by atoms with van der Waals surface area (Å²) in [6.45, 7) is 13.1. The fourth-order valence-corrected chi connectivity index (χ4v) is 3.66. The van der Waals surface area contributed by atoms with Crippen molar-refractivity contribution >= 4 is 0 Å². The molecule has 0 aromatic rings. The quantitative estimate of drug-likeness (QED) is 0.542. The highest BCUT2D eigenvalue weighted by Gasteiger charge is 2.42. The molecule has 0 heterocycles. The molecule has 0 saturated heterocycles. The molecule has 0 bridgehead atoms. The Hall–Kier alpha value is -0.520. The van der Waals surface area contributed by atoms with Gasteiger partial charge in [-0.25, -0.2) is 0 Å². The van der Waals surface area contributed by atoms with Gasteiger partial charge in [0.05, 0.1) is 0 Å². The Labute approximate surface area is 94.5 Å².